The first-order valence-electron chi connectivity index (χ1n) is 5.52. The van der Waals surface area contributed by atoms with Crippen molar-refractivity contribution in [2.45, 2.75) is 0 Å². The summed E-state index contributed by atoms with van der Waals surface area (Å²) >= 11 is 0. The van der Waals surface area contributed by atoms with Crippen molar-refractivity contribution >= 4 is 23.9 Å². The number of ether oxygens (including phenoxy) is 1. The molecule has 104 valence electrons. The number of amides is 1. The van der Waals surface area contributed by atoms with Crippen LogP contribution in [0.1, 0.15) is 5.56 Å². The van der Waals surface area contributed by atoms with Crippen LogP contribution in [0, 0.1) is 0 Å². The van der Waals surface area contributed by atoms with Crippen LogP contribution in [-0.4, -0.2) is 17.8 Å². The third-order valence-corrected chi connectivity index (χ3v) is 1.79. The van der Waals surface area contributed by atoms with Gasteiger partial charge in [-0.1, -0.05) is 49.6 Å². The van der Waals surface area contributed by atoms with Gasteiger partial charge in [-0.15, -0.1) is 0 Å². The second kappa shape index (κ2) is 10.0. The molecule has 5 nitrogen and oxygen atoms in total. The van der Waals surface area contributed by atoms with E-state index in [1.807, 2.05) is 36.4 Å². The highest BCUT2D eigenvalue weighted by molar-refractivity contribution is 6.04. The molecule has 0 saturated carbocycles. The van der Waals surface area contributed by atoms with E-state index in [1.54, 1.807) is 0 Å². The standard InChI is InChI=1S/C8H8.C4H2O3.C3H5NO/c1-2-8-6-4-3-5-7-8;5-3-1-2-4(6)7-3;1-2-3(4)5/h2-7H,1H2;1-2H;2H,1H2,(H2,4,5). The quantitative estimate of drug-likeness (QED) is 0.504. The van der Waals surface area contributed by atoms with Crippen LogP contribution in [0.2, 0.25) is 0 Å². The van der Waals surface area contributed by atoms with Crippen LogP contribution in [-0.2, 0) is 19.1 Å². The van der Waals surface area contributed by atoms with Gasteiger partial charge in [0.1, 0.15) is 0 Å². The Hall–Kier alpha value is -2.95. The van der Waals surface area contributed by atoms with Crippen LogP contribution in [0.4, 0.5) is 0 Å². The average Bonchev–Trinajstić information content (AvgIpc) is 2.84. The maximum absolute atomic E-state index is 9.92. The SMILES string of the molecule is C=CC(N)=O.C=Cc1ccccc1.O=C1C=CC(=O)O1. The van der Waals surface area contributed by atoms with Crippen molar-refractivity contribution in [1.82, 2.24) is 0 Å². The first-order valence-corrected chi connectivity index (χ1v) is 5.52. The summed E-state index contributed by atoms with van der Waals surface area (Å²) in [6.45, 7) is 6.72. The summed E-state index contributed by atoms with van der Waals surface area (Å²) in [5, 5.41) is 0. The van der Waals surface area contributed by atoms with Crippen LogP contribution in [0.15, 0.2) is 61.7 Å². The molecule has 0 unspecified atom stereocenters. The van der Waals surface area contributed by atoms with Gasteiger partial charge in [0, 0.05) is 12.2 Å². The second-order valence-electron chi connectivity index (χ2n) is 3.29. The number of hydrogen-bond acceptors (Lipinski definition) is 4. The van der Waals surface area contributed by atoms with Crippen LogP contribution in [0.25, 0.3) is 6.08 Å². The molecule has 1 aromatic carbocycles. The topological polar surface area (TPSA) is 86.5 Å². The summed E-state index contributed by atoms with van der Waals surface area (Å²) in [6.07, 6.45) is 5.06. The molecule has 0 aliphatic carbocycles. The molecule has 1 aliphatic heterocycles. The smallest absolute Gasteiger partial charge is 0.338 e. The average molecular weight is 273 g/mol. The van der Waals surface area contributed by atoms with Gasteiger partial charge in [-0.3, -0.25) is 4.79 Å². The van der Waals surface area contributed by atoms with E-state index >= 15 is 0 Å². The van der Waals surface area contributed by atoms with E-state index in [0.29, 0.717) is 0 Å². The van der Waals surface area contributed by atoms with E-state index < -0.39 is 17.8 Å². The van der Waals surface area contributed by atoms with Gasteiger partial charge in [0.05, 0.1) is 0 Å². The zero-order valence-corrected chi connectivity index (χ0v) is 10.8. The third kappa shape index (κ3) is 9.12. The molecular formula is C15H15NO4. The predicted molar refractivity (Wildman–Crippen MR) is 76.2 cm³/mol. The fourth-order valence-electron chi connectivity index (χ4n) is 0.892. The maximum atomic E-state index is 9.92. The lowest BCUT2D eigenvalue weighted by Gasteiger charge is -1.85. The minimum Gasteiger partial charge on any atom is -0.387 e. The molecule has 1 aromatic rings. The molecule has 0 atom stereocenters. The Labute approximate surface area is 117 Å². The minimum atomic E-state index is -0.579. The molecule has 1 amide bonds. The van der Waals surface area contributed by atoms with Gasteiger partial charge in [0.2, 0.25) is 5.91 Å². The lowest BCUT2D eigenvalue weighted by molar-refractivity contribution is -0.150. The third-order valence-electron chi connectivity index (χ3n) is 1.79. The van der Waals surface area contributed by atoms with E-state index in [0.717, 1.165) is 18.2 Å². The van der Waals surface area contributed by atoms with Crippen LogP contribution in [0.3, 0.4) is 0 Å². The van der Waals surface area contributed by atoms with Crippen molar-refractivity contribution < 1.29 is 19.1 Å². The lowest BCUT2D eigenvalue weighted by atomic mass is 10.2. The Morgan fingerprint density at radius 1 is 1.05 bits per heavy atom. The molecule has 0 bridgehead atoms. The van der Waals surface area contributed by atoms with Crippen LogP contribution >= 0.6 is 0 Å². The van der Waals surface area contributed by atoms with E-state index in [-0.39, 0.29) is 0 Å². The molecule has 0 fully saturated rings. The van der Waals surface area contributed by atoms with E-state index in [4.69, 9.17) is 0 Å². The Kier molecular flexibility index (Phi) is 8.54. The highest BCUT2D eigenvalue weighted by Gasteiger charge is 2.10. The van der Waals surface area contributed by atoms with Gasteiger partial charge in [-0.2, -0.15) is 0 Å². The highest BCUT2D eigenvalue weighted by Crippen LogP contribution is 1.97. The fraction of sp³-hybridized carbons (Fsp3) is 0. The number of carbonyl (C=O) groups is 3. The Bertz CT molecular complexity index is 502. The van der Waals surface area contributed by atoms with Crippen molar-refractivity contribution in [2.75, 3.05) is 0 Å². The summed E-state index contributed by atoms with van der Waals surface area (Å²) in [4.78, 5) is 29.3. The Balaban J connectivity index is 0.000000280. The van der Waals surface area contributed by atoms with Crippen molar-refractivity contribution in [1.29, 1.82) is 0 Å². The molecule has 0 saturated heterocycles. The fourth-order valence-corrected chi connectivity index (χ4v) is 0.892. The van der Waals surface area contributed by atoms with E-state index in [2.05, 4.69) is 23.6 Å². The number of primary amides is 1. The number of carbonyl (C=O) groups excluding carboxylic acids is 3. The second-order valence-corrected chi connectivity index (χ2v) is 3.29. The van der Waals surface area contributed by atoms with Gasteiger partial charge in [-0.25, -0.2) is 9.59 Å². The summed E-state index contributed by atoms with van der Waals surface area (Å²) < 4.78 is 3.97. The molecule has 1 aliphatic rings. The molecule has 5 heteroatoms. The number of hydrogen-bond donors (Lipinski definition) is 1. The van der Waals surface area contributed by atoms with Crippen molar-refractivity contribution in [3.8, 4) is 0 Å². The molecule has 0 spiro atoms. The van der Waals surface area contributed by atoms with Crippen molar-refractivity contribution in [3.05, 3.63) is 67.3 Å². The number of esters is 2. The van der Waals surface area contributed by atoms with Gasteiger partial charge < -0.3 is 10.5 Å². The Morgan fingerprint density at radius 3 is 1.70 bits per heavy atom. The van der Waals surface area contributed by atoms with Gasteiger partial charge >= 0.3 is 11.9 Å². The van der Waals surface area contributed by atoms with Crippen molar-refractivity contribution in [3.63, 3.8) is 0 Å². The number of rotatable bonds is 2. The van der Waals surface area contributed by atoms with E-state index in [9.17, 15) is 14.4 Å². The zero-order valence-electron chi connectivity index (χ0n) is 10.8. The molecule has 20 heavy (non-hydrogen) atoms. The number of nitrogens with two attached hydrogens (primary N) is 1. The first-order chi connectivity index (χ1) is 9.49. The highest BCUT2D eigenvalue weighted by atomic mass is 16.6. The van der Waals surface area contributed by atoms with Crippen LogP contribution in [0.5, 0.6) is 0 Å². The maximum Gasteiger partial charge on any atom is 0.338 e. The zero-order chi connectivity index (χ0) is 15.4. The summed E-state index contributed by atoms with van der Waals surface area (Å²) in [5.74, 6) is -1.64. The molecule has 2 rings (SSSR count). The van der Waals surface area contributed by atoms with Gasteiger partial charge in [0.15, 0.2) is 0 Å². The van der Waals surface area contributed by atoms with Crippen LogP contribution < -0.4 is 5.73 Å². The molecule has 2 N–H and O–H groups in total. The summed E-state index contributed by atoms with van der Waals surface area (Å²) in [7, 11) is 0. The monoisotopic (exact) mass is 273 g/mol. The largest absolute Gasteiger partial charge is 0.387 e. The number of cyclic esters (lactones) is 2. The number of benzene rings is 1. The van der Waals surface area contributed by atoms with Crippen molar-refractivity contribution in [2.24, 2.45) is 5.73 Å². The lowest BCUT2D eigenvalue weighted by Crippen LogP contribution is -2.04. The molecule has 1 heterocycles. The van der Waals surface area contributed by atoms with Gasteiger partial charge in [-0.05, 0) is 11.6 Å². The first kappa shape index (κ1) is 17.1. The molecule has 0 radical (unpaired) electrons. The minimum absolute atomic E-state index is 0.481. The van der Waals surface area contributed by atoms with Gasteiger partial charge in [0.25, 0.3) is 0 Å². The Morgan fingerprint density at radius 2 is 1.50 bits per heavy atom. The molecular weight excluding hydrogens is 258 g/mol. The molecule has 0 aromatic heterocycles. The predicted octanol–water partition coefficient (Wildman–Crippen LogP) is 1.61. The summed E-state index contributed by atoms with van der Waals surface area (Å²) in [5.41, 5.74) is 5.71. The summed E-state index contributed by atoms with van der Waals surface area (Å²) in [6, 6.07) is 10.0. The normalized spacial score (nSPS) is 11.2. The van der Waals surface area contributed by atoms with E-state index in [1.165, 1.54) is 5.56 Å².